The highest BCUT2D eigenvalue weighted by Crippen LogP contribution is 2.22. The number of benzene rings is 1. The van der Waals surface area contributed by atoms with Crippen LogP contribution < -0.4 is 14.8 Å². The van der Waals surface area contributed by atoms with Crippen molar-refractivity contribution >= 4 is 21.6 Å². The van der Waals surface area contributed by atoms with Gasteiger partial charge in [0.15, 0.2) is 0 Å². The predicted molar refractivity (Wildman–Crippen MR) is 96.4 cm³/mol. The molecule has 134 valence electrons. The van der Waals surface area contributed by atoms with Gasteiger partial charge in [0.1, 0.15) is 5.75 Å². The summed E-state index contributed by atoms with van der Waals surface area (Å²) < 4.78 is 30.3. The highest BCUT2D eigenvalue weighted by molar-refractivity contribution is 7.92. The zero-order valence-electron chi connectivity index (χ0n) is 14.3. The third-order valence-corrected chi connectivity index (χ3v) is 3.97. The van der Waals surface area contributed by atoms with Crippen LogP contribution in [-0.4, -0.2) is 31.6 Å². The van der Waals surface area contributed by atoms with Gasteiger partial charge in [0.2, 0.25) is 15.9 Å². The van der Waals surface area contributed by atoms with E-state index in [1.165, 1.54) is 6.20 Å². The lowest BCUT2D eigenvalue weighted by Crippen LogP contribution is -2.31. The summed E-state index contributed by atoms with van der Waals surface area (Å²) >= 11 is 0. The number of hydrogen-bond donors (Lipinski definition) is 2. The van der Waals surface area contributed by atoms with E-state index < -0.39 is 10.0 Å². The molecular weight excluding hydrogens is 342 g/mol. The summed E-state index contributed by atoms with van der Waals surface area (Å²) in [7, 11) is -3.31. The molecule has 2 aromatic rings. The van der Waals surface area contributed by atoms with Crippen molar-refractivity contribution < 1.29 is 17.9 Å². The van der Waals surface area contributed by atoms with Crippen LogP contribution in [0.2, 0.25) is 0 Å². The fourth-order valence-corrected chi connectivity index (χ4v) is 2.47. The van der Waals surface area contributed by atoms with E-state index in [0.717, 1.165) is 12.7 Å². The summed E-state index contributed by atoms with van der Waals surface area (Å²) in [6.45, 7) is 3.93. The number of rotatable bonds is 7. The first-order valence-electron chi connectivity index (χ1n) is 7.79. The first kappa shape index (κ1) is 18.7. The number of anilines is 1. The van der Waals surface area contributed by atoms with E-state index in [9.17, 15) is 13.2 Å². The molecule has 0 saturated heterocycles. The van der Waals surface area contributed by atoms with Gasteiger partial charge in [-0.25, -0.2) is 13.4 Å². The third-order valence-electron chi connectivity index (χ3n) is 3.37. The summed E-state index contributed by atoms with van der Waals surface area (Å²) in [5.41, 5.74) is 0.903. The molecular formula is C17H21N3O4S. The van der Waals surface area contributed by atoms with Crippen LogP contribution in [-0.2, 0) is 10.0 Å². The predicted octanol–water partition coefficient (Wildman–Crippen LogP) is 2.77. The van der Waals surface area contributed by atoms with E-state index in [4.69, 9.17) is 4.74 Å². The maximum atomic E-state index is 12.0. The van der Waals surface area contributed by atoms with Gasteiger partial charge in [-0.3, -0.25) is 9.52 Å². The van der Waals surface area contributed by atoms with Gasteiger partial charge in [0.05, 0.1) is 11.8 Å². The Labute approximate surface area is 147 Å². The van der Waals surface area contributed by atoms with E-state index in [-0.39, 0.29) is 11.9 Å². The SMILES string of the molecule is CC[C@H](C)NC(=O)c1ccc(Oc2ccc(NS(C)(=O)=O)cc2)nc1. The minimum absolute atomic E-state index is 0.0995. The molecule has 8 heteroatoms. The molecule has 0 radical (unpaired) electrons. The van der Waals surface area contributed by atoms with E-state index in [1.54, 1.807) is 36.4 Å². The second kappa shape index (κ2) is 7.98. The number of pyridine rings is 1. The molecule has 0 bridgehead atoms. The molecule has 1 amide bonds. The number of aromatic nitrogens is 1. The molecule has 0 saturated carbocycles. The maximum Gasteiger partial charge on any atom is 0.253 e. The normalized spacial score (nSPS) is 12.3. The molecule has 2 rings (SSSR count). The Hall–Kier alpha value is -2.61. The van der Waals surface area contributed by atoms with Crippen molar-refractivity contribution in [2.75, 3.05) is 11.0 Å². The zero-order chi connectivity index (χ0) is 18.4. The Kier molecular flexibility index (Phi) is 5.97. The van der Waals surface area contributed by atoms with Gasteiger partial charge < -0.3 is 10.1 Å². The van der Waals surface area contributed by atoms with Gasteiger partial charge in [0, 0.05) is 24.0 Å². The molecule has 1 heterocycles. The number of nitrogens with one attached hydrogen (secondary N) is 2. The summed E-state index contributed by atoms with van der Waals surface area (Å²) in [6.07, 6.45) is 3.39. The minimum atomic E-state index is -3.31. The number of carbonyl (C=O) groups excluding carboxylic acids is 1. The minimum Gasteiger partial charge on any atom is -0.439 e. The van der Waals surface area contributed by atoms with E-state index in [2.05, 4.69) is 15.0 Å². The Morgan fingerprint density at radius 2 is 1.88 bits per heavy atom. The van der Waals surface area contributed by atoms with Gasteiger partial charge >= 0.3 is 0 Å². The maximum absolute atomic E-state index is 12.0. The van der Waals surface area contributed by atoms with Crippen LogP contribution in [0.5, 0.6) is 11.6 Å². The van der Waals surface area contributed by atoms with Crippen molar-refractivity contribution in [3.63, 3.8) is 0 Å². The Balaban J connectivity index is 2.00. The number of carbonyl (C=O) groups is 1. The van der Waals surface area contributed by atoms with Crippen molar-refractivity contribution in [1.82, 2.24) is 10.3 Å². The molecule has 1 aromatic carbocycles. The van der Waals surface area contributed by atoms with Crippen LogP contribution in [0.15, 0.2) is 42.6 Å². The topological polar surface area (TPSA) is 97.4 Å². The van der Waals surface area contributed by atoms with Crippen LogP contribution in [0, 0.1) is 0 Å². The Morgan fingerprint density at radius 3 is 2.40 bits per heavy atom. The molecule has 1 atom stereocenters. The molecule has 25 heavy (non-hydrogen) atoms. The molecule has 2 N–H and O–H groups in total. The van der Waals surface area contributed by atoms with Gasteiger partial charge in [-0.15, -0.1) is 0 Å². The lowest BCUT2D eigenvalue weighted by Gasteiger charge is -2.11. The molecule has 7 nitrogen and oxygen atoms in total. The first-order chi connectivity index (χ1) is 11.8. The summed E-state index contributed by atoms with van der Waals surface area (Å²) in [4.78, 5) is 16.1. The van der Waals surface area contributed by atoms with Crippen LogP contribution in [0.3, 0.4) is 0 Å². The van der Waals surface area contributed by atoms with Crippen LogP contribution in [0.4, 0.5) is 5.69 Å². The zero-order valence-corrected chi connectivity index (χ0v) is 15.1. The fourth-order valence-electron chi connectivity index (χ4n) is 1.91. The van der Waals surface area contributed by atoms with Gasteiger partial charge in [-0.2, -0.15) is 0 Å². The number of ether oxygens (including phenoxy) is 1. The van der Waals surface area contributed by atoms with Crippen molar-refractivity contribution in [3.8, 4) is 11.6 Å². The smallest absolute Gasteiger partial charge is 0.253 e. The van der Waals surface area contributed by atoms with Gasteiger partial charge in [-0.1, -0.05) is 6.92 Å². The summed E-state index contributed by atoms with van der Waals surface area (Å²) in [6, 6.07) is 9.77. The largest absolute Gasteiger partial charge is 0.439 e. The van der Waals surface area contributed by atoms with Crippen LogP contribution >= 0.6 is 0 Å². The highest BCUT2D eigenvalue weighted by atomic mass is 32.2. The van der Waals surface area contributed by atoms with Crippen LogP contribution in [0.25, 0.3) is 0 Å². The van der Waals surface area contributed by atoms with E-state index >= 15 is 0 Å². The molecule has 0 spiro atoms. The Morgan fingerprint density at radius 1 is 1.20 bits per heavy atom. The van der Waals surface area contributed by atoms with E-state index in [0.29, 0.717) is 22.9 Å². The highest BCUT2D eigenvalue weighted by Gasteiger charge is 2.09. The van der Waals surface area contributed by atoms with Gasteiger partial charge in [0.25, 0.3) is 5.91 Å². The number of sulfonamides is 1. The summed E-state index contributed by atoms with van der Waals surface area (Å²) in [5.74, 6) is 0.664. The molecule has 0 aliphatic heterocycles. The average molecular weight is 363 g/mol. The lowest BCUT2D eigenvalue weighted by atomic mass is 10.2. The second-order valence-electron chi connectivity index (χ2n) is 5.67. The molecule has 0 aliphatic rings. The van der Waals surface area contributed by atoms with Crippen molar-refractivity contribution in [3.05, 3.63) is 48.2 Å². The molecule has 0 fully saturated rings. The third kappa shape index (κ3) is 6.07. The standard InChI is InChI=1S/C17H21N3O4S/c1-4-12(2)19-17(21)13-5-10-16(18-11-13)24-15-8-6-14(7-9-15)20-25(3,22)23/h5-12,20H,4H2,1-3H3,(H,19,21)/t12-/m0/s1. The average Bonchev–Trinajstić information content (AvgIpc) is 2.56. The van der Waals surface area contributed by atoms with Crippen molar-refractivity contribution in [1.29, 1.82) is 0 Å². The number of amides is 1. The molecule has 0 aliphatic carbocycles. The summed E-state index contributed by atoms with van der Waals surface area (Å²) in [5, 5.41) is 2.86. The lowest BCUT2D eigenvalue weighted by molar-refractivity contribution is 0.0939. The molecule has 0 unspecified atom stereocenters. The van der Waals surface area contributed by atoms with E-state index in [1.807, 2.05) is 13.8 Å². The first-order valence-corrected chi connectivity index (χ1v) is 9.68. The number of hydrogen-bond acceptors (Lipinski definition) is 5. The quantitative estimate of drug-likeness (QED) is 0.788. The van der Waals surface area contributed by atoms with Crippen molar-refractivity contribution in [2.24, 2.45) is 0 Å². The number of nitrogens with zero attached hydrogens (tertiary/aromatic N) is 1. The fraction of sp³-hybridized carbons (Fsp3) is 0.294. The van der Waals surface area contributed by atoms with Crippen molar-refractivity contribution in [2.45, 2.75) is 26.3 Å². The molecule has 1 aromatic heterocycles. The van der Waals surface area contributed by atoms with Crippen LogP contribution in [0.1, 0.15) is 30.6 Å². The Bertz CT molecular complexity index is 818. The monoisotopic (exact) mass is 363 g/mol. The second-order valence-corrected chi connectivity index (χ2v) is 7.42. The van der Waals surface area contributed by atoms with Gasteiger partial charge in [-0.05, 0) is 43.7 Å².